The molecule has 0 spiro atoms. The Bertz CT molecular complexity index is 1240. The predicted molar refractivity (Wildman–Crippen MR) is 209 cm³/mol. The summed E-state index contributed by atoms with van der Waals surface area (Å²) in [5.74, 6) is 4.76. The van der Waals surface area contributed by atoms with E-state index in [4.69, 9.17) is 48.4 Å². The summed E-state index contributed by atoms with van der Waals surface area (Å²) in [6.07, 6.45) is 12.7. The van der Waals surface area contributed by atoms with E-state index in [2.05, 4.69) is 86.9 Å². The third kappa shape index (κ3) is 15.1. The van der Waals surface area contributed by atoms with Gasteiger partial charge in [-0.1, -0.05) is 69.9 Å². The maximum Gasteiger partial charge on any atom is 0.457 e. The van der Waals surface area contributed by atoms with Gasteiger partial charge in [0.1, 0.15) is 0 Å². The second-order valence-electron chi connectivity index (χ2n) is 17.9. The third-order valence-corrected chi connectivity index (χ3v) is 12.8. The Kier molecular flexibility index (Phi) is 20.0. The molecular weight excluding hydrogens is 686 g/mol. The van der Waals surface area contributed by atoms with Gasteiger partial charge in [0.2, 0.25) is 0 Å². The van der Waals surface area contributed by atoms with Crippen molar-refractivity contribution in [2.24, 2.45) is 41.2 Å². The van der Waals surface area contributed by atoms with Crippen molar-refractivity contribution in [3.63, 3.8) is 0 Å². The molecular formula is C41H70B2N2O9. The maximum absolute atomic E-state index is 8.12. The van der Waals surface area contributed by atoms with E-state index in [-0.39, 0.29) is 48.9 Å². The van der Waals surface area contributed by atoms with Crippen LogP contribution in [0.5, 0.6) is 0 Å². The van der Waals surface area contributed by atoms with Crippen LogP contribution in [-0.2, 0) is 49.2 Å². The Hall–Kier alpha value is -2.17. The Morgan fingerprint density at radius 2 is 1.07 bits per heavy atom. The largest absolute Gasteiger partial charge is 0.457 e. The molecule has 1 aromatic carbocycles. The van der Waals surface area contributed by atoms with Crippen molar-refractivity contribution < 1.29 is 42.6 Å². The highest BCUT2D eigenvalue weighted by molar-refractivity contribution is 6.45. The molecule has 2 saturated carbocycles. The standard InChI is InChI=1S/C23H38BNO3.C16H32BNO2.2CO2/c1-18-14-20(16-25-26-17-19-10-7-6-8-11-19)15-21(18)12-9-13-24-27-22(2,3)23(4,5)28-24;1-12-9-13(11-18)10-14(12)7-6-8-17-19-15(2,3)16(4,5)20-17;2*2-1-3/h6-8,10-11,18,20-21,25H,9,12-17H2,1-5H3;12-14H,6-11,18H2,1-5H3;;/t18-,20?,21+;12-,13?,14+;;/m00../s1. The van der Waals surface area contributed by atoms with E-state index in [1.807, 2.05) is 18.2 Å². The van der Waals surface area contributed by atoms with Gasteiger partial charge in [0.25, 0.3) is 0 Å². The number of hydrogen-bond donors (Lipinski definition) is 2. The SMILES string of the molecule is C[C@H]1CC(CN)C[C@H]1CCCB1OC(C)(C)C(C)(C)O1.C[C@H]1CC(CNOCc2ccccc2)C[C@H]1CCCB1OC(C)(C)C(C)(C)O1.O=C=O.O=C=O. The van der Waals surface area contributed by atoms with Crippen LogP contribution in [0.3, 0.4) is 0 Å². The molecule has 304 valence electrons. The van der Waals surface area contributed by atoms with Crippen LogP contribution in [0.4, 0.5) is 0 Å². The Morgan fingerprint density at radius 1 is 0.685 bits per heavy atom. The van der Waals surface area contributed by atoms with E-state index in [9.17, 15) is 0 Å². The maximum atomic E-state index is 8.12. The fraction of sp³-hybridized carbons (Fsp3) is 0.805. The minimum absolute atomic E-state index is 0.0259. The normalized spacial score (nSPS) is 28.4. The molecule has 1 aromatic rings. The molecule has 0 bridgehead atoms. The van der Waals surface area contributed by atoms with Crippen LogP contribution in [0.15, 0.2) is 30.3 Å². The molecule has 2 heterocycles. The molecule has 4 aliphatic rings. The summed E-state index contributed by atoms with van der Waals surface area (Å²) >= 11 is 0. The van der Waals surface area contributed by atoms with Gasteiger partial charge in [-0.15, -0.1) is 0 Å². The molecule has 2 unspecified atom stereocenters. The minimum Gasteiger partial charge on any atom is -0.403 e. The van der Waals surface area contributed by atoms with Crippen LogP contribution < -0.4 is 11.2 Å². The summed E-state index contributed by atoms with van der Waals surface area (Å²) in [5, 5.41) is 0. The van der Waals surface area contributed by atoms with Gasteiger partial charge in [0.15, 0.2) is 0 Å². The summed E-state index contributed by atoms with van der Waals surface area (Å²) in [5.41, 5.74) is 9.40. The fourth-order valence-corrected chi connectivity index (χ4v) is 8.26. The van der Waals surface area contributed by atoms with E-state index < -0.39 is 0 Å². The van der Waals surface area contributed by atoms with Crippen LogP contribution in [0.2, 0.25) is 12.6 Å². The highest BCUT2D eigenvalue weighted by Gasteiger charge is 2.51. The molecule has 3 N–H and O–H groups in total. The summed E-state index contributed by atoms with van der Waals surface area (Å²) in [6, 6.07) is 10.3. The number of benzene rings is 1. The number of hydroxylamine groups is 1. The second kappa shape index (κ2) is 22.5. The number of nitrogens with one attached hydrogen (secondary N) is 1. The first-order valence-electron chi connectivity index (χ1n) is 20.1. The lowest BCUT2D eigenvalue weighted by Gasteiger charge is -2.32. The van der Waals surface area contributed by atoms with Crippen molar-refractivity contribution in [1.82, 2.24) is 5.48 Å². The summed E-state index contributed by atoms with van der Waals surface area (Å²) < 4.78 is 24.4. The number of rotatable bonds is 14. The van der Waals surface area contributed by atoms with E-state index in [1.165, 1.54) is 56.9 Å². The first-order chi connectivity index (χ1) is 25.3. The molecule has 2 aliphatic carbocycles. The average molecular weight is 757 g/mol. The first-order valence-corrected chi connectivity index (χ1v) is 20.1. The molecule has 4 fully saturated rings. The van der Waals surface area contributed by atoms with Crippen LogP contribution in [0, 0.1) is 35.5 Å². The fourth-order valence-electron chi connectivity index (χ4n) is 8.26. The molecule has 0 aromatic heterocycles. The number of nitrogens with two attached hydrogens (primary N) is 1. The van der Waals surface area contributed by atoms with Gasteiger partial charge in [-0.2, -0.15) is 19.2 Å². The van der Waals surface area contributed by atoms with Crippen molar-refractivity contribution in [3.05, 3.63) is 35.9 Å². The van der Waals surface area contributed by atoms with Gasteiger partial charge in [0, 0.05) is 6.54 Å². The van der Waals surface area contributed by atoms with Gasteiger partial charge < -0.3 is 24.4 Å². The molecule has 13 heteroatoms. The van der Waals surface area contributed by atoms with Gasteiger partial charge in [-0.05, 0) is 141 Å². The number of hydrogen-bond acceptors (Lipinski definition) is 11. The van der Waals surface area contributed by atoms with Gasteiger partial charge >= 0.3 is 26.5 Å². The van der Waals surface area contributed by atoms with Gasteiger partial charge in [-0.25, -0.2) is 5.48 Å². The highest BCUT2D eigenvalue weighted by Crippen LogP contribution is 2.42. The smallest absolute Gasteiger partial charge is 0.403 e. The molecule has 11 nitrogen and oxygen atoms in total. The minimum atomic E-state index is -0.213. The van der Waals surface area contributed by atoms with Crippen LogP contribution >= 0.6 is 0 Å². The van der Waals surface area contributed by atoms with Crippen LogP contribution in [0.25, 0.3) is 0 Å². The zero-order valence-electron chi connectivity index (χ0n) is 34.9. The highest BCUT2D eigenvalue weighted by atomic mass is 16.7. The summed E-state index contributed by atoms with van der Waals surface area (Å²) in [7, 11) is -0.0763. The average Bonchev–Trinajstić information content (AvgIpc) is 3.75. The van der Waals surface area contributed by atoms with E-state index in [0.717, 1.165) is 55.3 Å². The van der Waals surface area contributed by atoms with Crippen molar-refractivity contribution in [1.29, 1.82) is 0 Å². The Balaban J connectivity index is 0.000000339. The zero-order valence-corrected chi connectivity index (χ0v) is 34.9. The summed E-state index contributed by atoms with van der Waals surface area (Å²) in [6.45, 7) is 24.2. The van der Waals surface area contributed by atoms with Gasteiger partial charge in [0.05, 0.1) is 29.0 Å². The quantitative estimate of drug-likeness (QED) is 0.110. The topological polar surface area (TPSA) is 152 Å². The van der Waals surface area contributed by atoms with Crippen molar-refractivity contribution in [3.8, 4) is 0 Å². The third-order valence-electron chi connectivity index (χ3n) is 12.8. The molecule has 6 atom stereocenters. The van der Waals surface area contributed by atoms with Crippen molar-refractivity contribution in [2.75, 3.05) is 13.1 Å². The Labute approximate surface area is 326 Å². The van der Waals surface area contributed by atoms with Crippen LogP contribution in [-0.4, -0.2) is 62.0 Å². The molecule has 2 saturated heterocycles. The van der Waals surface area contributed by atoms with E-state index >= 15 is 0 Å². The second-order valence-corrected chi connectivity index (χ2v) is 17.9. The molecule has 2 aliphatic heterocycles. The summed E-state index contributed by atoms with van der Waals surface area (Å²) in [4.78, 5) is 38.2. The van der Waals surface area contributed by atoms with Crippen molar-refractivity contribution >= 4 is 26.5 Å². The van der Waals surface area contributed by atoms with E-state index in [1.54, 1.807) is 0 Å². The molecule has 0 amide bonds. The predicted octanol–water partition coefficient (Wildman–Crippen LogP) is 7.56. The monoisotopic (exact) mass is 757 g/mol. The lowest BCUT2D eigenvalue weighted by Crippen LogP contribution is -2.41. The lowest BCUT2D eigenvalue weighted by molar-refractivity contribution is -0.193. The molecule has 0 radical (unpaired) electrons. The Morgan fingerprint density at radius 3 is 1.46 bits per heavy atom. The number of carbonyl (C=O) groups excluding carboxylic acids is 4. The first kappa shape index (κ1) is 48.0. The zero-order chi connectivity index (χ0) is 40.6. The lowest BCUT2D eigenvalue weighted by atomic mass is 9.80. The van der Waals surface area contributed by atoms with Gasteiger partial charge in [-0.3, -0.25) is 4.84 Å². The van der Waals surface area contributed by atoms with E-state index in [0.29, 0.717) is 12.5 Å². The van der Waals surface area contributed by atoms with Crippen LogP contribution in [0.1, 0.15) is 126 Å². The molecule has 54 heavy (non-hydrogen) atoms. The van der Waals surface area contributed by atoms with Crippen molar-refractivity contribution in [2.45, 2.75) is 162 Å². The molecule has 5 rings (SSSR count).